The van der Waals surface area contributed by atoms with Crippen molar-refractivity contribution in [2.75, 3.05) is 18.6 Å². The summed E-state index contributed by atoms with van der Waals surface area (Å²) < 4.78 is 18.4. The second-order valence-corrected chi connectivity index (χ2v) is 5.31. The molecule has 120 valence electrons. The van der Waals surface area contributed by atoms with E-state index in [0.717, 1.165) is 6.42 Å². The molecule has 1 aromatic carbocycles. The summed E-state index contributed by atoms with van der Waals surface area (Å²) in [4.78, 5) is 26.1. The number of benzene rings is 1. The van der Waals surface area contributed by atoms with E-state index in [1.807, 2.05) is 6.92 Å². The van der Waals surface area contributed by atoms with Gasteiger partial charge in [0, 0.05) is 19.3 Å². The fourth-order valence-corrected chi connectivity index (χ4v) is 2.63. The minimum absolute atomic E-state index is 0.212. The third-order valence-electron chi connectivity index (χ3n) is 3.82. The van der Waals surface area contributed by atoms with Crippen molar-refractivity contribution in [2.24, 2.45) is 0 Å². The normalized spacial score (nSPS) is 19.9. The molecular weight excluding hydrogens is 287 g/mol. The smallest absolute Gasteiger partial charge is 0.249 e. The number of nitrogens with zero attached hydrogens (tertiary/aromatic N) is 1. The highest BCUT2D eigenvalue weighted by molar-refractivity contribution is 6.00. The Morgan fingerprint density at radius 1 is 1.55 bits per heavy atom. The number of carbonyl (C=O) groups excluding carboxylic acids is 2. The van der Waals surface area contributed by atoms with Gasteiger partial charge in [0.2, 0.25) is 11.8 Å². The van der Waals surface area contributed by atoms with Crippen LogP contribution in [0.3, 0.4) is 0 Å². The standard InChI is InChI=1S/C16H21FN2O3/c1-3-14(22-2)15(20)18-13-8-5-9-19(16(13)21)12-7-4-6-11(17)10-12/h4,6-7,10,13-14H,3,5,8-9H2,1-2H3,(H,18,20)/t13-,14+/m1/s1. The number of piperidine rings is 1. The number of hydrogen-bond acceptors (Lipinski definition) is 3. The maximum absolute atomic E-state index is 13.3. The quantitative estimate of drug-likeness (QED) is 0.903. The number of carbonyl (C=O) groups is 2. The average molecular weight is 308 g/mol. The van der Waals surface area contributed by atoms with E-state index in [1.165, 1.54) is 24.1 Å². The highest BCUT2D eigenvalue weighted by atomic mass is 19.1. The van der Waals surface area contributed by atoms with Crippen molar-refractivity contribution in [2.45, 2.75) is 38.3 Å². The summed E-state index contributed by atoms with van der Waals surface area (Å²) in [6, 6.07) is 5.33. The molecule has 0 spiro atoms. The Morgan fingerprint density at radius 2 is 2.32 bits per heavy atom. The summed E-state index contributed by atoms with van der Waals surface area (Å²) in [7, 11) is 1.47. The van der Waals surface area contributed by atoms with Crippen LogP contribution in [0.2, 0.25) is 0 Å². The lowest BCUT2D eigenvalue weighted by Gasteiger charge is -2.33. The molecule has 1 heterocycles. The zero-order valence-electron chi connectivity index (χ0n) is 12.8. The lowest BCUT2D eigenvalue weighted by molar-refractivity contribution is -0.135. The first-order chi connectivity index (χ1) is 10.6. The predicted octanol–water partition coefficient (Wildman–Crippen LogP) is 1.86. The number of amides is 2. The Balaban J connectivity index is 2.08. The van der Waals surface area contributed by atoms with E-state index >= 15 is 0 Å². The molecule has 0 saturated carbocycles. The first kappa shape index (κ1) is 16.4. The predicted molar refractivity (Wildman–Crippen MR) is 81.0 cm³/mol. The highest BCUT2D eigenvalue weighted by Crippen LogP contribution is 2.22. The molecule has 6 heteroatoms. The first-order valence-corrected chi connectivity index (χ1v) is 7.47. The van der Waals surface area contributed by atoms with Gasteiger partial charge in [0.25, 0.3) is 0 Å². The highest BCUT2D eigenvalue weighted by Gasteiger charge is 2.32. The van der Waals surface area contributed by atoms with E-state index in [9.17, 15) is 14.0 Å². The Labute approximate surface area is 129 Å². The van der Waals surface area contributed by atoms with Crippen LogP contribution in [-0.2, 0) is 14.3 Å². The summed E-state index contributed by atoms with van der Waals surface area (Å²) in [5.41, 5.74) is 0.516. The van der Waals surface area contributed by atoms with Crippen LogP contribution in [-0.4, -0.2) is 37.6 Å². The topological polar surface area (TPSA) is 58.6 Å². The second-order valence-electron chi connectivity index (χ2n) is 5.31. The summed E-state index contributed by atoms with van der Waals surface area (Å²) in [6.07, 6.45) is 1.31. The number of ether oxygens (including phenoxy) is 1. The summed E-state index contributed by atoms with van der Waals surface area (Å²) in [5, 5.41) is 2.74. The van der Waals surface area contributed by atoms with Crippen molar-refractivity contribution in [3.63, 3.8) is 0 Å². The minimum atomic E-state index is -0.589. The molecule has 1 fully saturated rings. The first-order valence-electron chi connectivity index (χ1n) is 7.47. The van der Waals surface area contributed by atoms with Gasteiger partial charge in [-0.15, -0.1) is 0 Å². The van der Waals surface area contributed by atoms with Crippen molar-refractivity contribution >= 4 is 17.5 Å². The van der Waals surface area contributed by atoms with Gasteiger partial charge in [-0.2, -0.15) is 0 Å². The van der Waals surface area contributed by atoms with Crippen LogP contribution in [0.15, 0.2) is 24.3 Å². The van der Waals surface area contributed by atoms with E-state index in [0.29, 0.717) is 25.1 Å². The maximum atomic E-state index is 13.3. The van der Waals surface area contributed by atoms with Gasteiger partial charge < -0.3 is 15.0 Å². The van der Waals surface area contributed by atoms with Crippen LogP contribution in [0.1, 0.15) is 26.2 Å². The number of hydrogen-bond donors (Lipinski definition) is 1. The molecule has 1 N–H and O–H groups in total. The van der Waals surface area contributed by atoms with Crippen LogP contribution >= 0.6 is 0 Å². The van der Waals surface area contributed by atoms with Crippen molar-refractivity contribution in [1.82, 2.24) is 5.32 Å². The molecular formula is C16H21FN2O3. The molecule has 1 aliphatic heterocycles. The fraction of sp³-hybridized carbons (Fsp3) is 0.500. The van der Waals surface area contributed by atoms with Gasteiger partial charge in [-0.1, -0.05) is 13.0 Å². The molecule has 0 aliphatic carbocycles. The monoisotopic (exact) mass is 308 g/mol. The van der Waals surface area contributed by atoms with Crippen molar-refractivity contribution in [3.05, 3.63) is 30.1 Å². The summed E-state index contributed by atoms with van der Waals surface area (Å²) in [5.74, 6) is -0.887. The van der Waals surface area contributed by atoms with Gasteiger partial charge >= 0.3 is 0 Å². The Hall–Kier alpha value is -1.95. The van der Waals surface area contributed by atoms with E-state index < -0.39 is 12.1 Å². The van der Waals surface area contributed by atoms with E-state index in [-0.39, 0.29) is 17.6 Å². The third kappa shape index (κ3) is 3.62. The SMILES string of the molecule is CC[C@H](OC)C(=O)N[C@@H]1CCCN(c2cccc(F)c2)C1=O. The Kier molecular flexibility index (Phi) is 5.49. The van der Waals surface area contributed by atoms with Gasteiger partial charge in [0.1, 0.15) is 18.0 Å². The second kappa shape index (κ2) is 7.35. The molecule has 0 unspecified atom stereocenters. The lowest BCUT2D eigenvalue weighted by atomic mass is 10.0. The van der Waals surface area contributed by atoms with Crippen molar-refractivity contribution in [1.29, 1.82) is 0 Å². The van der Waals surface area contributed by atoms with Crippen LogP contribution in [0.25, 0.3) is 0 Å². The van der Waals surface area contributed by atoms with E-state index in [1.54, 1.807) is 12.1 Å². The van der Waals surface area contributed by atoms with Gasteiger partial charge in [-0.3, -0.25) is 9.59 Å². The molecule has 0 radical (unpaired) electrons. The van der Waals surface area contributed by atoms with Crippen molar-refractivity contribution in [3.8, 4) is 0 Å². The molecule has 5 nitrogen and oxygen atoms in total. The Morgan fingerprint density at radius 3 is 2.95 bits per heavy atom. The number of nitrogens with one attached hydrogen (secondary N) is 1. The Bertz CT molecular complexity index is 546. The third-order valence-corrected chi connectivity index (χ3v) is 3.82. The zero-order chi connectivity index (χ0) is 16.1. The largest absolute Gasteiger partial charge is 0.372 e. The number of methoxy groups -OCH3 is 1. The summed E-state index contributed by atoms with van der Waals surface area (Å²) >= 11 is 0. The molecule has 2 rings (SSSR count). The van der Waals surface area contributed by atoms with E-state index in [2.05, 4.69) is 5.32 Å². The van der Waals surface area contributed by atoms with Crippen LogP contribution in [0, 0.1) is 5.82 Å². The molecule has 0 bridgehead atoms. The average Bonchev–Trinajstić information content (AvgIpc) is 2.50. The molecule has 2 atom stereocenters. The molecule has 1 saturated heterocycles. The van der Waals surface area contributed by atoms with Crippen LogP contribution in [0.5, 0.6) is 0 Å². The van der Waals surface area contributed by atoms with E-state index in [4.69, 9.17) is 4.74 Å². The number of rotatable bonds is 5. The minimum Gasteiger partial charge on any atom is -0.372 e. The molecule has 1 aliphatic rings. The zero-order valence-corrected chi connectivity index (χ0v) is 12.8. The van der Waals surface area contributed by atoms with Gasteiger partial charge in [0.05, 0.1) is 0 Å². The van der Waals surface area contributed by atoms with Gasteiger partial charge in [-0.05, 0) is 37.5 Å². The lowest BCUT2D eigenvalue weighted by Crippen LogP contribution is -2.54. The van der Waals surface area contributed by atoms with Crippen LogP contribution in [0.4, 0.5) is 10.1 Å². The molecule has 0 aromatic heterocycles. The van der Waals surface area contributed by atoms with Gasteiger partial charge in [-0.25, -0.2) is 4.39 Å². The molecule has 1 aromatic rings. The summed E-state index contributed by atoms with van der Waals surface area (Å²) in [6.45, 7) is 2.37. The fourth-order valence-electron chi connectivity index (χ4n) is 2.63. The maximum Gasteiger partial charge on any atom is 0.249 e. The number of anilines is 1. The van der Waals surface area contributed by atoms with Gasteiger partial charge in [0.15, 0.2) is 0 Å². The molecule has 2 amide bonds. The number of halogens is 1. The van der Waals surface area contributed by atoms with Crippen molar-refractivity contribution < 1.29 is 18.7 Å². The van der Waals surface area contributed by atoms with Crippen LogP contribution < -0.4 is 10.2 Å². The molecule has 22 heavy (non-hydrogen) atoms.